The van der Waals surface area contributed by atoms with E-state index in [1.54, 1.807) is 60.7 Å². The Hall–Kier alpha value is -4.14. The molecule has 0 saturated heterocycles. The van der Waals surface area contributed by atoms with Crippen molar-refractivity contribution in [2.45, 2.75) is 55.6 Å². The van der Waals surface area contributed by atoms with Crippen molar-refractivity contribution in [2.24, 2.45) is 0 Å². The van der Waals surface area contributed by atoms with Crippen LogP contribution in [-0.2, 0) is 32.6 Å². The third kappa shape index (κ3) is 7.87. The molecule has 5 rings (SSSR count). The van der Waals surface area contributed by atoms with E-state index in [4.69, 9.17) is 11.6 Å². The molecule has 1 atom stereocenters. The predicted octanol–water partition coefficient (Wildman–Crippen LogP) is 6.23. The lowest BCUT2D eigenvalue weighted by Crippen LogP contribution is -2.54. The van der Waals surface area contributed by atoms with Gasteiger partial charge in [0.2, 0.25) is 11.8 Å². The molecule has 0 aromatic heterocycles. The number of carbonyl (C=O) groups is 2. The first kappa shape index (κ1) is 31.3. The van der Waals surface area contributed by atoms with Crippen LogP contribution in [0.15, 0.2) is 120 Å². The number of nitrogens with zero attached hydrogens (tertiary/aromatic N) is 2. The number of hydrogen-bond donors (Lipinski definition) is 1. The lowest BCUT2D eigenvalue weighted by Gasteiger charge is -2.34. The van der Waals surface area contributed by atoms with Gasteiger partial charge >= 0.3 is 0 Å². The maximum Gasteiger partial charge on any atom is 0.264 e. The summed E-state index contributed by atoms with van der Waals surface area (Å²) in [5.74, 6) is -0.744. The molecule has 0 bridgehead atoms. The maximum absolute atomic E-state index is 14.5. The molecule has 0 aliphatic heterocycles. The fourth-order valence-electron chi connectivity index (χ4n) is 5.55. The third-order valence-corrected chi connectivity index (χ3v) is 9.93. The normalized spacial score (nSPS) is 14.1. The van der Waals surface area contributed by atoms with E-state index in [1.165, 1.54) is 17.0 Å². The largest absolute Gasteiger partial charge is 0.352 e. The van der Waals surface area contributed by atoms with Gasteiger partial charge in [-0.1, -0.05) is 103 Å². The lowest BCUT2D eigenvalue weighted by molar-refractivity contribution is -0.140. The summed E-state index contributed by atoms with van der Waals surface area (Å²) in [4.78, 5) is 30.1. The van der Waals surface area contributed by atoms with E-state index in [2.05, 4.69) is 5.32 Å². The second kappa shape index (κ2) is 14.6. The molecule has 0 spiro atoms. The Morgan fingerprint density at radius 2 is 1.34 bits per heavy atom. The third-order valence-electron chi connectivity index (χ3n) is 7.89. The molecule has 4 aromatic carbocycles. The van der Waals surface area contributed by atoms with Gasteiger partial charge < -0.3 is 10.2 Å². The summed E-state index contributed by atoms with van der Waals surface area (Å²) >= 11 is 6.15. The highest BCUT2D eigenvalue weighted by molar-refractivity contribution is 7.92. The summed E-state index contributed by atoms with van der Waals surface area (Å²) in [6.07, 6.45) is 4.16. The van der Waals surface area contributed by atoms with Crippen molar-refractivity contribution in [3.8, 4) is 0 Å². The Balaban J connectivity index is 1.54. The van der Waals surface area contributed by atoms with Crippen molar-refractivity contribution in [1.29, 1.82) is 0 Å². The number of hydrogen-bond acceptors (Lipinski definition) is 4. The number of anilines is 1. The van der Waals surface area contributed by atoms with Gasteiger partial charge in [-0.25, -0.2) is 8.42 Å². The molecule has 0 heterocycles. The van der Waals surface area contributed by atoms with Crippen LogP contribution in [0.2, 0.25) is 5.02 Å². The molecule has 9 heteroatoms. The van der Waals surface area contributed by atoms with Gasteiger partial charge in [-0.05, 0) is 60.4 Å². The van der Waals surface area contributed by atoms with E-state index in [-0.39, 0.29) is 29.8 Å². The minimum absolute atomic E-state index is 0.0486. The number of benzene rings is 4. The summed E-state index contributed by atoms with van der Waals surface area (Å²) in [6, 6.07) is 32.4. The van der Waals surface area contributed by atoms with Gasteiger partial charge in [-0.2, -0.15) is 0 Å². The van der Waals surface area contributed by atoms with Crippen molar-refractivity contribution in [2.75, 3.05) is 10.8 Å². The van der Waals surface area contributed by atoms with E-state index in [0.29, 0.717) is 10.7 Å². The first-order valence-corrected chi connectivity index (χ1v) is 16.6. The maximum atomic E-state index is 14.5. The first-order valence-electron chi connectivity index (χ1n) is 14.8. The van der Waals surface area contributed by atoms with E-state index in [0.717, 1.165) is 41.1 Å². The molecular formula is C35H36ClN3O4S. The quantitative estimate of drug-likeness (QED) is 0.201. The van der Waals surface area contributed by atoms with Crippen LogP contribution < -0.4 is 9.62 Å². The highest BCUT2D eigenvalue weighted by Crippen LogP contribution is 2.25. The molecule has 7 nitrogen and oxygen atoms in total. The molecule has 4 aromatic rings. The number of halogens is 1. The van der Waals surface area contributed by atoms with Crippen LogP contribution in [0.4, 0.5) is 5.69 Å². The van der Waals surface area contributed by atoms with Gasteiger partial charge in [0.25, 0.3) is 10.0 Å². The molecule has 1 saturated carbocycles. The van der Waals surface area contributed by atoms with Gasteiger partial charge in [-0.15, -0.1) is 0 Å². The van der Waals surface area contributed by atoms with Crippen LogP contribution in [0.5, 0.6) is 0 Å². The summed E-state index contributed by atoms with van der Waals surface area (Å²) in [6.45, 7) is -0.392. The van der Waals surface area contributed by atoms with Gasteiger partial charge in [0, 0.05) is 24.0 Å². The second-order valence-corrected chi connectivity index (χ2v) is 13.3. The van der Waals surface area contributed by atoms with Gasteiger partial charge in [0.15, 0.2) is 0 Å². The number of rotatable bonds is 12. The second-order valence-electron chi connectivity index (χ2n) is 11.0. The Kier molecular flexibility index (Phi) is 10.4. The molecule has 228 valence electrons. The monoisotopic (exact) mass is 629 g/mol. The molecule has 1 aliphatic carbocycles. The lowest BCUT2D eigenvalue weighted by atomic mass is 10.0. The molecule has 0 unspecified atom stereocenters. The van der Waals surface area contributed by atoms with E-state index < -0.39 is 28.5 Å². The van der Waals surface area contributed by atoms with Crippen LogP contribution in [0.1, 0.15) is 36.8 Å². The fraction of sp³-hybridized carbons (Fsp3) is 0.257. The number of carbonyl (C=O) groups excluding carboxylic acids is 2. The van der Waals surface area contributed by atoms with Crippen molar-refractivity contribution >= 4 is 39.1 Å². The fourth-order valence-corrected chi connectivity index (χ4v) is 7.11. The zero-order valence-corrected chi connectivity index (χ0v) is 26.0. The van der Waals surface area contributed by atoms with Crippen LogP contribution in [-0.4, -0.2) is 43.8 Å². The number of nitrogens with one attached hydrogen (secondary N) is 1. The summed E-state index contributed by atoms with van der Waals surface area (Å²) in [5, 5.41) is 3.74. The molecule has 1 N–H and O–H groups in total. The molecule has 44 heavy (non-hydrogen) atoms. The van der Waals surface area contributed by atoms with E-state index in [1.807, 2.05) is 42.5 Å². The number of sulfonamides is 1. The van der Waals surface area contributed by atoms with Crippen LogP contribution in [0.3, 0.4) is 0 Å². The van der Waals surface area contributed by atoms with E-state index >= 15 is 0 Å². The zero-order valence-electron chi connectivity index (χ0n) is 24.4. The number of para-hydroxylation sites is 1. The van der Waals surface area contributed by atoms with Crippen LogP contribution in [0.25, 0.3) is 0 Å². The van der Waals surface area contributed by atoms with Crippen molar-refractivity contribution in [1.82, 2.24) is 10.2 Å². The molecule has 1 aliphatic rings. The highest BCUT2D eigenvalue weighted by atomic mass is 35.5. The summed E-state index contributed by atoms with van der Waals surface area (Å²) in [5.41, 5.74) is 2.02. The SMILES string of the molecule is O=C(NC1CCCC1)[C@@H](Cc1ccccc1)N(Cc1ccc(Cl)cc1)C(=O)CN(c1ccccc1)S(=O)(=O)c1ccccc1. The average molecular weight is 630 g/mol. The zero-order chi connectivity index (χ0) is 30.9. The number of amides is 2. The van der Waals surface area contributed by atoms with Crippen LogP contribution >= 0.6 is 11.6 Å². The van der Waals surface area contributed by atoms with Crippen molar-refractivity contribution in [3.63, 3.8) is 0 Å². The van der Waals surface area contributed by atoms with E-state index in [9.17, 15) is 18.0 Å². The van der Waals surface area contributed by atoms with Crippen molar-refractivity contribution < 1.29 is 18.0 Å². The van der Waals surface area contributed by atoms with Gasteiger partial charge in [0.1, 0.15) is 12.6 Å². The predicted molar refractivity (Wildman–Crippen MR) is 174 cm³/mol. The Morgan fingerprint density at radius 3 is 1.95 bits per heavy atom. The van der Waals surface area contributed by atoms with Crippen molar-refractivity contribution in [3.05, 3.63) is 131 Å². The smallest absolute Gasteiger partial charge is 0.264 e. The Labute approximate surface area is 264 Å². The first-order chi connectivity index (χ1) is 21.3. The van der Waals surface area contributed by atoms with Crippen LogP contribution in [0, 0.1) is 0 Å². The summed E-state index contributed by atoms with van der Waals surface area (Å²) < 4.78 is 29.1. The average Bonchev–Trinajstić information content (AvgIpc) is 3.56. The van der Waals surface area contributed by atoms with Gasteiger partial charge in [-0.3, -0.25) is 13.9 Å². The Morgan fingerprint density at radius 1 is 0.773 bits per heavy atom. The molecule has 2 amide bonds. The Bertz CT molecular complexity index is 1630. The molecule has 0 radical (unpaired) electrons. The van der Waals surface area contributed by atoms with Gasteiger partial charge in [0.05, 0.1) is 10.6 Å². The standard InChI is InChI=1S/C35H36ClN3O4S/c36-29-22-20-28(21-23-29)25-38(33(24-27-12-4-1-5-13-27)35(41)37-30-14-10-11-15-30)34(40)26-39(31-16-6-2-7-17-31)44(42,43)32-18-8-3-9-19-32/h1-9,12-13,16-23,30,33H,10-11,14-15,24-26H2,(H,37,41)/t33-/m1/s1. The topological polar surface area (TPSA) is 86.8 Å². The minimum Gasteiger partial charge on any atom is -0.352 e. The molecular weight excluding hydrogens is 594 g/mol. The summed E-state index contributed by atoms with van der Waals surface area (Å²) in [7, 11) is -4.12. The minimum atomic E-state index is -4.12. The molecule has 1 fully saturated rings. The highest BCUT2D eigenvalue weighted by Gasteiger charge is 2.35.